The molecule has 2 rings (SSSR count). The fourth-order valence-corrected chi connectivity index (χ4v) is 4.33. The number of halogens is 1. The van der Waals surface area contributed by atoms with E-state index in [4.69, 9.17) is 0 Å². The van der Waals surface area contributed by atoms with Crippen LogP contribution < -0.4 is 0 Å². The van der Waals surface area contributed by atoms with Crippen molar-refractivity contribution in [3.63, 3.8) is 0 Å². The third kappa shape index (κ3) is 2.46. The van der Waals surface area contributed by atoms with Gasteiger partial charge < -0.3 is 0 Å². The Morgan fingerprint density at radius 1 is 1.56 bits per heavy atom. The van der Waals surface area contributed by atoms with E-state index in [-0.39, 0.29) is 5.25 Å². The van der Waals surface area contributed by atoms with Crippen molar-refractivity contribution in [3.8, 4) is 0 Å². The largest absolute Gasteiger partial charge is 0.260 e. The molecule has 0 radical (unpaired) electrons. The van der Waals surface area contributed by atoms with E-state index < -0.39 is 9.84 Å². The fourth-order valence-electron chi connectivity index (χ4n) is 2.09. The summed E-state index contributed by atoms with van der Waals surface area (Å²) in [6.07, 6.45) is 3.92. The van der Waals surface area contributed by atoms with Crippen LogP contribution in [0, 0.1) is 6.92 Å². The second-order valence-electron chi connectivity index (χ2n) is 4.23. The van der Waals surface area contributed by atoms with E-state index in [9.17, 15) is 8.42 Å². The summed E-state index contributed by atoms with van der Waals surface area (Å²) >= 11 is 3.36. The number of aryl methyl sites for hydroxylation is 1. The van der Waals surface area contributed by atoms with E-state index in [0.29, 0.717) is 12.2 Å². The van der Waals surface area contributed by atoms with Crippen molar-refractivity contribution in [2.24, 2.45) is 0 Å². The van der Waals surface area contributed by atoms with E-state index in [1.165, 1.54) is 0 Å². The first-order valence-corrected chi connectivity index (χ1v) is 7.82. The van der Waals surface area contributed by atoms with E-state index >= 15 is 0 Å². The summed E-state index contributed by atoms with van der Waals surface area (Å²) in [4.78, 5) is 4.23. The number of pyridine rings is 1. The zero-order valence-electron chi connectivity index (χ0n) is 9.11. The highest BCUT2D eigenvalue weighted by molar-refractivity contribution is 9.10. The average molecular weight is 304 g/mol. The Hall–Kier alpha value is -0.420. The normalized spacial score (nSPS) is 23.5. The Kier molecular flexibility index (Phi) is 3.35. The topological polar surface area (TPSA) is 47.0 Å². The molecule has 1 aromatic rings. The van der Waals surface area contributed by atoms with Gasteiger partial charge in [0.1, 0.15) is 0 Å². The van der Waals surface area contributed by atoms with Crippen molar-refractivity contribution >= 4 is 25.8 Å². The Morgan fingerprint density at radius 3 is 2.94 bits per heavy atom. The van der Waals surface area contributed by atoms with Gasteiger partial charge in [0.15, 0.2) is 9.84 Å². The summed E-state index contributed by atoms with van der Waals surface area (Å²) in [5, 5.41) is -0.206. The summed E-state index contributed by atoms with van der Waals surface area (Å²) < 4.78 is 24.4. The lowest BCUT2D eigenvalue weighted by atomic mass is 10.1. The number of nitrogens with zero attached hydrogens (tertiary/aromatic N) is 1. The summed E-state index contributed by atoms with van der Waals surface area (Å²) in [6, 6.07) is 1.97. The van der Waals surface area contributed by atoms with Crippen LogP contribution in [0.5, 0.6) is 0 Å². The molecule has 1 aliphatic rings. The third-order valence-electron chi connectivity index (χ3n) is 3.07. The minimum absolute atomic E-state index is 0.206. The molecule has 1 atom stereocenters. The van der Waals surface area contributed by atoms with Crippen molar-refractivity contribution in [2.75, 3.05) is 5.75 Å². The molecule has 1 fully saturated rings. The first-order chi connectivity index (χ1) is 7.49. The molecule has 1 unspecified atom stereocenters. The zero-order valence-corrected chi connectivity index (χ0v) is 11.5. The van der Waals surface area contributed by atoms with Gasteiger partial charge in [0.05, 0.1) is 11.0 Å². The second-order valence-corrected chi connectivity index (χ2v) is 7.55. The number of sulfone groups is 1. The molecule has 3 nitrogen and oxygen atoms in total. The van der Waals surface area contributed by atoms with Crippen molar-refractivity contribution < 1.29 is 8.42 Å². The first kappa shape index (κ1) is 12.0. The number of hydrogen-bond acceptors (Lipinski definition) is 3. The van der Waals surface area contributed by atoms with Crippen LogP contribution in [0.4, 0.5) is 0 Å². The molecule has 0 N–H and O–H groups in total. The van der Waals surface area contributed by atoms with Crippen molar-refractivity contribution in [3.05, 3.63) is 28.0 Å². The lowest BCUT2D eigenvalue weighted by Gasteiger charge is -2.11. The SMILES string of the molecule is Cc1ncc(Br)cc1CC1CCCS1(=O)=O. The van der Waals surface area contributed by atoms with Gasteiger partial charge in [-0.25, -0.2) is 8.42 Å². The first-order valence-electron chi connectivity index (χ1n) is 5.31. The summed E-state index contributed by atoms with van der Waals surface area (Å²) in [5.41, 5.74) is 1.95. The van der Waals surface area contributed by atoms with E-state index in [2.05, 4.69) is 20.9 Å². The molecule has 5 heteroatoms. The molecule has 16 heavy (non-hydrogen) atoms. The lowest BCUT2D eigenvalue weighted by Crippen LogP contribution is -2.19. The minimum Gasteiger partial charge on any atom is -0.260 e. The molecule has 88 valence electrons. The van der Waals surface area contributed by atoms with Gasteiger partial charge in [-0.05, 0) is 53.7 Å². The standard InChI is InChI=1S/C11H14BrNO2S/c1-8-9(5-10(12)7-13-8)6-11-3-2-4-16(11,14)15/h5,7,11H,2-4,6H2,1H3. The average Bonchev–Trinajstić information content (AvgIpc) is 2.52. The molecule has 1 aliphatic heterocycles. The number of aromatic nitrogens is 1. The van der Waals surface area contributed by atoms with Crippen molar-refractivity contribution in [2.45, 2.75) is 31.4 Å². The van der Waals surface area contributed by atoms with Crippen molar-refractivity contribution in [1.29, 1.82) is 0 Å². The Bertz CT molecular complexity index is 499. The Balaban J connectivity index is 2.24. The monoisotopic (exact) mass is 303 g/mol. The molecular weight excluding hydrogens is 290 g/mol. The molecule has 0 saturated carbocycles. The maximum atomic E-state index is 11.7. The number of hydrogen-bond donors (Lipinski definition) is 0. The van der Waals surface area contributed by atoms with Gasteiger partial charge in [-0.15, -0.1) is 0 Å². The van der Waals surface area contributed by atoms with E-state index in [1.807, 2.05) is 13.0 Å². The maximum Gasteiger partial charge on any atom is 0.153 e. The van der Waals surface area contributed by atoms with Crippen LogP contribution in [0.3, 0.4) is 0 Å². The molecule has 1 aromatic heterocycles. The molecule has 1 saturated heterocycles. The van der Waals surface area contributed by atoms with Gasteiger partial charge in [0.2, 0.25) is 0 Å². The van der Waals surface area contributed by atoms with Crippen LogP contribution in [-0.2, 0) is 16.3 Å². The van der Waals surface area contributed by atoms with Crippen LogP contribution in [0.15, 0.2) is 16.7 Å². The minimum atomic E-state index is -2.86. The Morgan fingerprint density at radius 2 is 2.31 bits per heavy atom. The molecular formula is C11H14BrNO2S. The van der Waals surface area contributed by atoms with Gasteiger partial charge in [-0.1, -0.05) is 0 Å². The van der Waals surface area contributed by atoms with Gasteiger partial charge in [-0.3, -0.25) is 4.98 Å². The predicted molar refractivity (Wildman–Crippen MR) is 67.2 cm³/mol. The molecule has 0 aromatic carbocycles. The summed E-state index contributed by atoms with van der Waals surface area (Å²) in [7, 11) is -2.86. The van der Waals surface area contributed by atoms with Gasteiger partial charge in [0, 0.05) is 16.4 Å². The molecule has 0 spiro atoms. The van der Waals surface area contributed by atoms with E-state index in [0.717, 1.165) is 28.6 Å². The van der Waals surface area contributed by atoms with Crippen LogP contribution in [0.25, 0.3) is 0 Å². The smallest absolute Gasteiger partial charge is 0.153 e. The van der Waals surface area contributed by atoms with Crippen LogP contribution in [0.2, 0.25) is 0 Å². The van der Waals surface area contributed by atoms with E-state index in [1.54, 1.807) is 6.20 Å². The van der Waals surface area contributed by atoms with Crippen LogP contribution in [0.1, 0.15) is 24.1 Å². The quantitative estimate of drug-likeness (QED) is 0.842. The highest BCUT2D eigenvalue weighted by Gasteiger charge is 2.31. The summed E-state index contributed by atoms with van der Waals surface area (Å²) in [6.45, 7) is 1.92. The maximum absolute atomic E-state index is 11.7. The summed E-state index contributed by atoms with van der Waals surface area (Å²) in [5.74, 6) is 0.345. The number of rotatable bonds is 2. The van der Waals surface area contributed by atoms with Gasteiger partial charge in [-0.2, -0.15) is 0 Å². The van der Waals surface area contributed by atoms with Crippen molar-refractivity contribution in [1.82, 2.24) is 4.98 Å². The lowest BCUT2D eigenvalue weighted by molar-refractivity contribution is 0.588. The Labute approximate surface area is 104 Å². The highest BCUT2D eigenvalue weighted by Crippen LogP contribution is 2.25. The fraction of sp³-hybridized carbons (Fsp3) is 0.545. The molecule has 0 amide bonds. The zero-order chi connectivity index (χ0) is 11.8. The van der Waals surface area contributed by atoms with Gasteiger partial charge in [0.25, 0.3) is 0 Å². The molecule has 2 heterocycles. The molecule has 0 aliphatic carbocycles. The van der Waals surface area contributed by atoms with Crippen LogP contribution in [-0.4, -0.2) is 24.4 Å². The highest BCUT2D eigenvalue weighted by atomic mass is 79.9. The molecule has 0 bridgehead atoms. The second kappa shape index (κ2) is 4.45. The van der Waals surface area contributed by atoms with Crippen LogP contribution >= 0.6 is 15.9 Å². The third-order valence-corrected chi connectivity index (χ3v) is 5.78. The predicted octanol–water partition coefficient (Wildman–Crippen LogP) is 2.27. The van der Waals surface area contributed by atoms with Gasteiger partial charge >= 0.3 is 0 Å².